The van der Waals surface area contributed by atoms with Gasteiger partial charge in [-0.05, 0) is 12.1 Å². The van der Waals surface area contributed by atoms with E-state index in [-0.39, 0.29) is 51.4 Å². The lowest BCUT2D eigenvalue weighted by Crippen LogP contribution is -2.37. The highest BCUT2D eigenvalue weighted by atomic mass is 16.6. The maximum atomic E-state index is 13.1. The normalized spacial score (nSPS) is 19.9. The van der Waals surface area contributed by atoms with Gasteiger partial charge in [-0.3, -0.25) is 14.4 Å². The minimum absolute atomic E-state index is 0.0165. The predicted molar refractivity (Wildman–Crippen MR) is 96.5 cm³/mol. The molecule has 1 saturated heterocycles. The molecule has 2 aliphatic rings. The van der Waals surface area contributed by atoms with Crippen molar-refractivity contribution in [3.05, 3.63) is 80.7 Å². The second kappa shape index (κ2) is 5.68. The van der Waals surface area contributed by atoms with E-state index in [0.717, 1.165) is 6.07 Å². The number of aliphatic hydroxyl groups excluding tert-OH is 1. The molecule has 2 unspecified atom stereocenters. The number of rotatable bonds is 3. The fraction of sp³-hybridized carbons (Fsp3) is 0.190. The first-order valence-corrected chi connectivity index (χ1v) is 8.70. The average molecular weight is 378 g/mol. The van der Waals surface area contributed by atoms with E-state index in [9.17, 15) is 24.6 Å². The van der Waals surface area contributed by atoms with Crippen molar-refractivity contribution < 1.29 is 29.0 Å². The lowest BCUT2D eigenvalue weighted by Gasteiger charge is -2.23. The molecule has 5 rings (SSSR count). The highest BCUT2D eigenvalue weighted by molar-refractivity contribution is 6.31. The number of hydrogen-bond donors (Lipinski definition) is 2. The SMILES string of the molecule is O=C1c2ccccc2C(=O)c2c1ccc1c(=O)cc(C(O)(CO)C3CO3)oc21. The molecular weight excluding hydrogens is 364 g/mol. The molecule has 1 aromatic heterocycles. The number of hydrogen-bond acceptors (Lipinski definition) is 7. The molecule has 2 aromatic carbocycles. The third kappa shape index (κ3) is 2.18. The number of carbonyl (C=O) groups is 2. The van der Waals surface area contributed by atoms with Crippen LogP contribution in [0.2, 0.25) is 0 Å². The Hall–Kier alpha value is -3.13. The lowest BCUT2D eigenvalue weighted by molar-refractivity contribution is -0.0561. The van der Waals surface area contributed by atoms with Crippen LogP contribution in [0.4, 0.5) is 0 Å². The Morgan fingerprint density at radius 3 is 2.32 bits per heavy atom. The summed E-state index contributed by atoms with van der Waals surface area (Å²) in [4.78, 5) is 38.6. The Balaban J connectivity index is 1.83. The van der Waals surface area contributed by atoms with E-state index in [1.165, 1.54) is 12.1 Å². The molecule has 140 valence electrons. The number of aliphatic hydroxyl groups is 2. The molecule has 1 fully saturated rings. The van der Waals surface area contributed by atoms with Crippen molar-refractivity contribution in [2.24, 2.45) is 0 Å². The number of fused-ring (bicyclic) bond motifs is 4. The average Bonchev–Trinajstić information content (AvgIpc) is 3.56. The standard InChI is InChI=1S/C21H14O7/c22-9-21(26,16-8-27-16)15-7-14(23)12-5-6-13-17(20(12)28-15)19(25)11-4-2-1-3-10(11)18(13)24/h1-7,16,22,26H,8-9H2. The molecule has 2 heterocycles. The Morgan fingerprint density at radius 1 is 1.00 bits per heavy atom. The summed E-state index contributed by atoms with van der Waals surface area (Å²) < 4.78 is 10.8. The summed E-state index contributed by atoms with van der Waals surface area (Å²) in [6.07, 6.45) is -0.712. The third-order valence-electron chi connectivity index (χ3n) is 5.32. The van der Waals surface area contributed by atoms with E-state index in [4.69, 9.17) is 9.15 Å². The Morgan fingerprint density at radius 2 is 1.68 bits per heavy atom. The summed E-state index contributed by atoms with van der Waals surface area (Å²) in [5.74, 6) is -0.989. The quantitative estimate of drug-likeness (QED) is 0.514. The fourth-order valence-corrected chi connectivity index (χ4v) is 3.67. The van der Waals surface area contributed by atoms with E-state index >= 15 is 0 Å². The Labute approximate surface area is 157 Å². The molecule has 0 bridgehead atoms. The molecule has 0 spiro atoms. The van der Waals surface area contributed by atoms with Crippen LogP contribution in [0.3, 0.4) is 0 Å². The van der Waals surface area contributed by atoms with Gasteiger partial charge in [-0.1, -0.05) is 24.3 Å². The predicted octanol–water partition coefficient (Wildman–Crippen LogP) is 1.15. The third-order valence-corrected chi connectivity index (χ3v) is 5.32. The zero-order chi connectivity index (χ0) is 19.6. The van der Waals surface area contributed by atoms with E-state index in [1.54, 1.807) is 24.3 Å². The Kier molecular flexibility index (Phi) is 3.45. The number of benzene rings is 2. The van der Waals surface area contributed by atoms with Crippen molar-refractivity contribution in [1.29, 1.82) is 0 Å². The van der Waals surface area contributed by atoms with Crippen molar-refractivity contribution in [3.8, 4) is 0 Å². The molecule has 2 atom stereocenters. The summed E-state index contributed by atoms with van der Waals surface area (Å²) in [6, 6.07) is 10.4. The molecule has 0 saturated carbocycles. The molecular formula is C21H14O7. The van der Waals surface area contributed by atoms with Gasteiger partial charge in [-0.15, -0.1) is 0 Å². The first kappa shape index (κ1) is 17.0. The van der Waals surface area contributed by atoms with Crippen LogP contribution in [0, 0.1) is 0 Å². The van der Waals surface area contributed by atoms with Crippen LogP contribution >= 0.6 is 0 Å². The van der Waals surface area contributed by atoms with Crippen LogP contribution in [0.5, 0.6) is 0 Å². The van der Waals surface area contributed by atoms with E-state index in [1.807, 2.05) is 0 Å². The fourth-order valence-electron chi connectivity index (χ4n) is 3.67. The van der Waals surface area contributed by atoms with Gasteiger partial charge in [0.2, 0.25) is 0 Å². The minimum Gasteiger partial charge on any atom is -0.457 e. The van der Waals surface area contributed by atoms with Crippen LogP contribution in [-0.2, 0) is 10.3 Å². The zero-order valence-electron chi connectivity index (χ0n) is 14.5. The molecule has 0 radical (unpaired) electrons. The first-order valence-electron chi connectivity index (χ1n) is 8.70. The molecule has 0 amide bonds. The molecule has 2 N–H and O–H groups in total. The van der Waals surface area contributed by atoms with Gasteiger partial charge in [0.1, 0.15) is 17.4 Å². The highest BCUT2D eigenvalue weighted by Gasteiger charge is 2.49. The summed E-state index contributed by atoms with van der Waals surface area (Å²) in [6.45, 7) is -0.520. The van der Waals surface area contributed by atoms with Crippen molar-refractivity contribution in [1.82, 2.24) is 0 Å². The van der Waals surface area contributed by atoms with Crippen molar-refractivity contribution in [3.63, 3.8) is 0 Å². The highest BCUT2D eigenvalue weighted by Crippen LogP contribution is 2.37. The second-order valence-electron chi connectivity index (χ2n) is 6.95. The van der Waals surface area contributed by atoms with Crippen LogP contribution < -0.4 is 5.43 Å². The minimum atomic E-state index is -1.91. The van der Waals surface area contributed by atoms with Crippen molar-refractivity contribution in [2.45, 2.75) is 11.7 Å². The van der Waals surface area contributed by atoms with Crippen molar-refractivity contribution >= 4 is 22.5 Å². The van der Waals surface area contributed by atoms with Gasteiger partial charge in [0.05, 0.1) is 24.2 Å². The molecule has 7 nitrogen and oxygen atoms in total. The van der Waals surface area contributed by atoms with Crippen LogP contribution in [0.25, 0.3) is 11.0 Å². The first-order chi connectivity index (χ1) is 13.5. The monoisotopic (exact) mass is 378 g/mol. The van der Waals surface area contributed by atoms with Crippen molar-refractivity contribution in [2.75, 3.05) is 13.2 Å². The maximum Gasteiger partial charge on any atom is 0.198 e. The molecule has 1 aliphatic heterocycles. The van der Waals surface area contributed by atoms with Gasteiger partial charge < -0.3 is 19.4 Å². The number of ketones is 2. The Bertz CT molecular complexity index is 1240. The second-order valence-corrected chi connectivity index (χ2v) is 6.95. The molecule has 3 aromatic rings. The van der Waals surface area contributed by atoms with E-state index in [2.05, 4.69) is 0 Å². The summed E-state index contributed by atoms with van der Waals surface area (Å²) >= 11 is 0. The van der Waals surface area contributed by atoms with Gasteiger partial charge in [0.15, 0.2) is 22.6 Å². The molecule has 7 heteroatoms. The van der Waals surface area contributed by atoms with E-state index < -0.39 is 29.5 Å². The van der Waals surface area contributed by atoms with Crippen LogP contribution in [-0.4, -0.2) is 41.1 Å². The van der Waals surface area contributed by atoms with E-state index in [0.29, 0.717) is 0 Å². The van der Waals surface area contributed by atoms with Gasteiger partial charge in [0.25, 0.3) is 0 Å². The van der Waals surface area contributed by atoms with Gasteiger partial charge in [-0.2, -0.15) is 0 Å². The molecule has 1 aliphatic carbocycles. The number of epoxide rings is 1. The summed E-state index contributed by atoms with van der Waals surface area (Å²) in [5, 5.41) is 20.5. The topological polar surface area (TPSA) is 117 Å². The maximum absolute atomic E-state index is 13.1. The number of carbonyl (C=O) groups excluding carboxylic acids is 2. The molecule has 28 heavy (non-hydrogen) atoms. The van der Waals surface area contributed by atoms with Crippen LogP contribution in [0.1, 0.15) is 37.6 Å². The lowest BCUT2D eigenvalue weighted by atomic mass is 9.83. The zero-order valence-corrected chi connectivity index (χ0v) is 14.5. The summed E-state index contributed by atoms with van der Waals surface area (Å²) in [5.41, 5.74) is -1.86. The largest absolute Gasteiger partial charge is 0.457 e. The van der Waals surface area contributed by atoms with Gasteiger partial charge >= 0.3 is 0 Å². The summed E-state index contributed by atoms with van der Waals surface area (Å²) in [7, 11) is 0. The van der Waals surface area contributed by atoms with Crippen LogP contribution in [0.15, 0.2) is 51.7 Å². The van der Waals surface area contributed by atoms with Gasteiger partial charge in [0, 0.05) is 22.8 Å². The smallest absolute Gasteiger partial charge is 0.198 e. The number of ether oxygens (including phenoxy) is 1. The van der Waals surface area contributed by atoms with Gasteiger partial charge in [-0.25, -0.2) is 0 Å².